The van der Waals surface area contributed by atoms with E-state index >= 15 is 0 Å². The Labute approximate surface area is 95.4 Å². The maximum atomic E-state index is 13.2. The second-order valence-electron chi connectivity index (χ2n) is 2.92. The van der Waals surface area contributed by atoms with Crippen molar-refractivity contribution in [3.8, 4) is 0 Å². The highest BCUT2D eigenvalue weighted by Crippen LogP contribution is 2.30. The Balaban J connectivity index is 3.69. The minimum Gasteiger partial charge on any atom is -0.258 e. The number of nitro benzene ring substituents is 1. The summed E-state index contributed by atoms with van der Waals surface area (Å²) in [6.45, 7) is 1.48. The molecule has 1 aromatic rings. The van der Waals surface area contributed by atoms with E-state index in [0.29, 0.717) is 6.07 Å². The molecular formula is C8H7ClFNO4S. The Bertz CT molecular complexity index is 543. The third-order valence-corrected chi connectivity index (χ3v) is 3.40. The largest absolute Gasteiger partial charge is 0.309 e. The van der Waals surface area contributed by atoms with Gasteiger partial charge in [-0.1, -0.05) is 6.92 Å². The molecule has 0 aliphatic rings. The van der Waals surface area contributed by atoms with Crippen molar-refractivity contribution in [3.05, 3.63) is 33.6 Å². The van der Waals surface area contributed by atoms with E-state index in [9.17, 15) is 22.9 Å². The molecule has 0 atom stereocenters. The highest BCUT2D eigenvalue weighted by molar-refractivity contribution is 8.13. The molecule has 0 spiro atoms. The number of halogens is 2. The quantitative estimate of drug-likeness (QED) is 0.478. The summed E-state index contributed by atoms with van der Waals surface area (Å²) in [6, 6.07) is 1.63. The average Bonchev–Trinajstić information content (AvgIpc) is 2.14. The number of benzene rings is 1. The van der Waals surface area contributed by atoms with E-state index < -0.39 is 30.4 Å². The first-order valence-electron chi connectivity index (χ1n) is 4.19. The van der Waals surface area contributed by atoms with Gasteiger partial charge in [-0.05, 0) is 18.6 Å². The highest BCUT2D eigenvalue weighted by Gasteiger charge is 2.27. The highest BCUT2D eigenvalue weighted by atomic mass is 35.7. The molecule has 0 heterocycles. The number of hydrogen-bond acceptors (Lipinski definition) is 4. The molecular weight excluding hydrogens is 261 g/mol. The van der Waals surface area contributed by atoms with Crippen molar-refractivity contribution in [2.24, 2.45) is 0 Å². The van der Waals surface area contributed by atoms with Crippen molar-refractivity contribution in [3.63, 3.8) is 0 Å². The van der Waals surface area contributed by atoms with E-state index in [2.05, 4.69) is 0 Å². The number of nitro groups is 1. The number of hydrogen-bond donors (Lipinski definition) is 0. The van der Waals surface area contributed by atoms with Crippen LogP contribution < -0.4 is 0 Å². The zero-order valence-corrected chi connectivity index (χ0v) is 9.68. The molecule has 0 aliphatic heterocycles. The maximum Gasteiger partial charge on any atom is 0.309 e. The predicted molar refractivity (Wildman–Crippen MR) is 55.5 cm³/mol. The first-order chi connectivity index (χ1) is 7.29. The van der Waals surface area contributed by atoms with Gasteiger partial charge in [-0.2, -0.15) is 4.39 Å². The molecule has 0 aromatic heterocycles. The lowest BCUT2D eigenvalue weighted by molar-refractivity contribution is -0.388. The Kier molecular flexibility index (Phi) is 3.49. The first kappa shape index (κ1) is 12.9. The van der Waals surface area contributed by atoms with Gasteiger partial charge in [0.05, 0.1) is 15.4 Å². The molecule has 0 radical (unpaired) electrons. The average molecular weight is 268 g/mol. The maximum absolute atomic E-state index is 13.2. The molecule has 1 rings (SSSR count). The Morgan fingerprint density at radius 1 is 1.50 bits per heavy atom. The second-order valence-corrected chi connectivity index (χ2v) is 5.46. The molecule has 0 aliphatic carbocycles. The van der Waals surface area contributed by atoms with Crippen LogP contribution in [0.3, 0.4) is 0 Å². The third kappa shape index (κ3) is 2.30. The van der Waals surface area contributed by atoms with E-state index in [0.717, 1.165) is 6.07 Å². The summed E-state index contributed by atoms with van der Waals surface area (Å²) in [7, 11) is 0.981. The van der Waals surface area contributed by atoms with E-state index in [1.807, 2.05) is 0 Å². The molecule has 0 bridgehead atoms. The van der Waals surface area contributed by atoms with Gasteiger partial charge in [0.25, 0.3) is 9.05 Å². The predicted octanol–water partition coefficient (Wildman–Crippen LogP) is 2.22. The van der Waals surface area contributed by atoms with Gasteiger partial charge in [0.15, 0.2) is 0 Å². The lowest BCUT2D eigenvalue weighted by Gasteiger charge is -2.05. The molecule has 0 saturated carbocycles. The molecule has 88 valence electrons. The zero-order chi connectivity index (χ0) is 12.5. The first-order valence-corrected chi connectivity index (χ1v) is 6.50. The molecule has 16 heavy (non-hydrogen) atoms. The van der Waals surface area contributed by atoms with Crippen LogP contribution in [0.15, 0.2) is 17.0 Å². The minimum atomic E-state index is -4.12. The fourth-order valence-corrected chi connectivity index (χ4v) is 2.56. The van der Waals surface area contributed by atoms with E-state index in [-0.39, 0.29) is 12.0 Å². The van der Waals surface area contributed by atoms with Crippen LogP contribution in [0.25, 0.3) is 0 Å². The van der Waals surface area contributed by atoms with Crippen LogP contribution in [0, 0.1) is 15.9 Å². The zero-order valence-electron chi connectivity index (χ0n) is 8.11. The molecule has 1 aromatic carbocycles. The van der Waals surface area contributed by atoms with Gasteiger partial charge in [0, 0.05) is 10.7 Å². The van der Waals surface area contributed by atoms with Crippen LogP contribution in [0.4, 0.5) is 10.1 Å². The van der Waals surface area contributed by atoms with Crippen LogP contribution in [-0.4, -0.2) is 13.3 Å². The monoisotopic (exact) mass is 267 g/mol. The van der Waals surface area contributed by atoms with Gasteiger partial charge in [0.2, 0.25) is 5.82 Å². The summed E-state index contributed by atoms with van der Waals surface area (Å²) in [6.07, 6.45) is -0.00461. The molecule has 8 heteroatoms. The van der Waals surface area contributed by atoms with Crippen LogP contribution in [-0.2, 0) is 15.5 Å². The van der Waals surface area contributed by atoms with Crippen molar-refractivity contribution < 1.29 is 17.7 Å². The fraction of sp³-hybridized carbons (Fsp3) is 0.250. The van der Waals surface area contributed by atoms with E-state index in [4.69, 9.17) is 10.7 Å². The van der Waals surface area contributed by atoms with Crippen molar-refractivity contribution >= 4 is 25.4 Å². The Morgan fingerprint density at radius 2 is 2.06 bits per heavy atom. The van der Waals surface area contributed by atoms with Crippen molar-refractivity contribution in [2.75, 3.05) is 0 Å². The normalized spacial score (nSPS) is 11.4. The van der Waals surface area contributed by atoms with E-state index in [1.54, 1.807) is 0 Å². The van der Waals surface area contributed by atoms with Gasteiger partial charge in [-0.3, -0.25) is 10.1 Å². The lowest BCUT2D eigenvalue weighted by atomic mass is 10.1. The van der Waals surface area contributed by atoms with Gasteiger partial charge < -0.3 is 0 Å². The molecule has 0 N–H and O–H groups in total. The number of rotatable bonds is 3. The smallest absolute Gasteiger partial charge is 0.258 e. The summed E-state index contributed by atoms with van der Waals surface area (Å²) >= 11 is 0. The third-order valence-electron chi connectivity index (χ3n) is 1.99. The van der Waals surface area contributed by atoms with E-state index in [1.165, 1.54) is 6.92 Å². The molecule has 0 amide bonds. The summed E-state index contributed by atoms with van der Waals surface area (Å²) in [4.78, 5) is 9.22. The van der Waals surface area contributed by atoms with Gasteiger partial charge in [-0.15, -0.1) is 0 Å². The fourth-order valence-electron chi connectivity index (χ4n) is 1.36. The second kappa shape index (κ2) is 4.34. The lowest BCUT2D eigenvalue weighted by Crippen LogP contribution is -2.04. The van der Waals surface area contributed by atoms with Gasteiger partial charge >= 0.3 is 5.69 Å². The Morgan fingerprint density at radius 3 is 2.44 bits per heavy atom. The number of nitrogens with zero attached hydrogens (tertiary/aromatic N) is 1. The molecule has 0 saturated heterocycles. The summed E-state index contributed by atoms with van der Waals surface area (Å²) in [5.41, 5.74) is -1.07. The van der Waals surface area contributed by atoms with Crippen LogP contribution in [0.1, 0.15) is 12.5 Å². The SMILES string of the molecule is CCc1c(S(=O)(=O)Cl)ccc(F)c1[N+](=O)[O-]. The van der Waals surface area contributed by atoms with Gasteiger partial charge in [0.1, 0.15) is 0 Å². The van der Waals surface area contributed by atoms with Crippen LogP contribution >= 0.6 is 10.7 Å². The summed E-state index contributed by atoms with van der Waals surface area (Å²) in [5, 5.41) is 10.6. The van der Waals surface area contributed by atoms with Gasteiger partial charge in [-0.25, -0.2) is 8.42 Å². The summed E-state index contributed by atoms with van der Waals surface area (Å²) in [5.74, 6) is -1.08. The molecule has 5 nitrogen and oxygen atoms in total. The van der Waals surface area contributed by atoms with Crippen LogP contribution in [0.2, 0.25) is 0 Å². The standard InChI is InChI=1S/C8H7ClFNO4S/c1-2-5-7(16(9,14)15)4-3-6(10)8(5)11(12)13/h3-4H,2H2,1H3. The van der Waals surface area contributed by atoms with Crippen LogP contribution in [0.5, 0.6) is 0 Å². The van der Waals surface area contributed by atoms with Crippen molar-refractivity contribution in [2.45, 2.75) is 18.2 Å². The molecule has 0 fully saturated rings. The minimum absolute atomic E-state index is 0.00461. The summed E-state index contributed by atoms with van der Waals surface area (Å²) < 4.78 is 35.4. The van der Waals surface area contributed by atoms with Crippen molar-refractivity contribution in [1.82, 2.24) is 0 Å². The molecule has 0 unspecified atom stereocenters. The van der Waals surface area contributed by atoms with Crippen molar-refractivity contribution in [1.29, 1.82) is 0 Å². The Hall–Kier alpha value is -1.21. The topological polar surface area (TPSA) is 77.3 Å².